The standard InChI is InChI=1S/C25H39N3O2S/c1-25(2,30)14-11-22-8-9-23(31-22)19-28-15-5-6-20(18-28)7-10-24(29)27(4)21-12-16-26(3)17-13-21/h8-9,20-21,30H,5-7,10,12-13,15-19H2,1-4H3/t20-/m1/s1. The van der Waals surface area contributed by atoms with Crippen LogP contribution in [0.15, 0.2) is 12.1 Å². The van der Waals surface area contributed by atoms with Crippen LogP contribution in [0.5, 0.6) is 0 Å². The number of hydrogen-bond donors (Lipinski definition) is 1. The number of hydrogen-bond acceptors (Lipinski definition) is 5. The molecule has 2 aliphatic rings. The third-order valence-corrected chi connectivity index (χ3v) is 7.52. The van der Waals surface area contributed by atoms with E-state index in [1.165, 1.54) is 17.7 Å². The fourth-order valence-corrected chi connectivity index (χ4v) is 5.49. The molecule has 1 amide bonds. The molecule has 1 N–H and O–H groups in total. The number of aliphatic hydroxyl groups is 1. The van der Waals surface area contributed by atoms with Crippen molar-refractivity contribution in [3.05, 3.63) is 21.9 Å². The number of thiophene rings is 1. The first kappa shape index (κ1) is 24.3. The Kier molecular flexibility index (Phi) is 8.58. The second-order valence-electron chi connectivity index (χ2n) is 9.90. The summed E-state index contributed by atoms with van der Waals surface area (Å²) in [6.45, 7) is 8.75. The molecule has 0 spiro atoms. The molecule has 6 heteroatoms. The number of likely N-dealkylation sites (tertiary alicyclic amines) is 2. The van der Waals surface area contributed by atoms with Crippen molar-refractivity contribution in [3.63, 3.8) is 0 Å². The number of piperidine rings is 2. The summed E-state index contributed by atoms with van der Waals surface area (Å²) in [5.41, 5.74) is -0.955. The van der Waals surface area contributed by atoms with Gasteiger partial charge >= 0.3 is 0 Å². The maximum atomic E-state index is 12.7. The zero-order valence-electron chi connectivity index (χ0n) is 19.7. The fraction of sp³-hybridized carbons (Fsp3) is 0.720. The van der Waals surface area contributed by atoms with E-state index in [4.69, 9.17) is 0 Å². The smallest absolute Gasteiger partial charge is 0.222 e. The van der Waals surface area contributed by atoms with Crippen molar-refractivity contribution in [1.82, 2.24) is 14.7 Å². The molecule has 2 aliphatic heterocycles. The summed E-state index contributed by atoms with van der Waals surface area (Å²) in [4.78, 5) is 22.0. The number of carbonyl (C=O) groups excluding carboxylic acids is 1. The summed E-state index contributed by atoms with van der Waals surface area (Å²) in [7, 11) is 4.16. The van der Waals surface area contributed by atoms with Crippen LogP contribution >= 0.6 is 11.3 Å². The second kappa shape index (κ2) is 11.0. The van der Waals surface area contributed by atoms with E-state index in [0.29, 0.717) is 24.3 Å². The number of amides is 1. The molecule has 2 fully saturated rings. The molecule has 3 heterocycles. The molecule has 2 saturated heterocycles. The van der Waals surface area contributed by atoms with Gasteiger partial charge in [-0.25, -0.2) is 0 Å². The van der Waals surface area contributed by atoms with Gasteiger partial charge in [0.25, 0.3) is 0 Å². The third-order valence-electron chi connectivity index (χ3n) is 6.53. The first-order valence-corrected chi connectivity index (χ1v) is 12.5. The summed E-state index contributed by atoms with van der Waals surface area (Å²) in [5.74, 6) is 6.90. The van der Waals surface area contributed by atoms with Crippen LogP contribution in [0.1, 0.15) is 62.1 Å². The van der Waals surface area contributed by atoms with Crippen molar-refractivity contribution in [2.75, 3.05) is 40.3 Å². The van der Waals surface area contributed by atoms with Crippen LogP contribution in [0.3, 0.4) is 0 Å². The third kappa shape index (κ3) is 7.91. The van der Waals surface area contributed by atoms with E-state index < -0.39 is 5.60 Å². The maximum absolute atomic E-state index is 12.7. The quantitative estimate of drug-likeness (QED) is 0.682. The van der Waals surface area contributed by atoms with Gasteiger partial charge in [-0.1, -0.05) is 11.8 Å². The van der Waals surface area contributed by atoms with E-state index in [9.17, 15) is 9.90 Å². The number of nitrogens with zero attached hydrogens (tertiary/aromatic N) is 3. The van der Waals surface area contributed by atoms with E-state index in [1.807, 2.05) is 11.9 Å². The lowest BCUT2D eigenvalue weighted by atomic mass is 9.93. The molecule has 0 saturated carbocycles. The van der Waals surface area contributed by atoms with Crippen molar-refractivity contribution in [3.8, 4) is 11.8 Å². The van der Waals surface area contributed by atoms with Crippen LogP contribution in [0.4, 0.5) is 0 Å². The van der Waals surface area contributed by atoms with Gasteiger partial charge in [0.05, 0.1) is 4.88 Å². The van der Waals surface area contributed by atoms with Gasteiger partial charge in [-0.05, 0) is 90.7 Å². The minimum atomic E-state index is -0.955. The highest BCUT2D eigenvalue weighted by molar-refractivity contribution is 7.12. The van der Waals surface area contributed by atoms with Gasteiger partial charge in [0, 0.05) is 37.5 Å². The molecular weight excluding hydrogens is 406 g/mol. The highest BCUT2D eigenvalue weighted by atomic mass is 32.1. The van der Waals surface area contributed by atoms with Gasteiger partial charge in [0.15, 0.2) is 0 Å². The lowest BCUT2D eigenvalue weighted by Gasteiger charge is -2.36. The minimum Gasteiger partial charge on any atom is -0.378 e. The molecule has 1 aromatic rings. The molecule has 1 atom stereocenters. The van der Waals surface area contributed by atoms with Crippen molar-refractivity contribution >= 4 is 17.2 Å². The Morgan fingerprint density at radius 1 is 1.26 bits per heavy atom. The van der Waals surface area contributed by atoms with Crippen LogP contribution in [-0.2, 0) is 11.3 Å². The van der Waals surface area contributed by atoms with Gasteiger partial charge < -0.3 is 14.9 Å². The maximum Gasteiger partial charge on any atom is 0.222 e. The molecule has 31 heavy (non-hydrogen) atoms. The lowest BCUT2D eigenvalue weighted by molar-refractivity contribution is -0.133. The summed E-state index contributed by atoms with van der Waals surface area (Å²) >= 11 is 1.72. The number of rotatable bonds is 6. The monoisotopic (exact) mass is 445 g/mol. The first-order valence-electron chi connectivity index (χ1n) is 11.7. The molecule has 3 rings (SSSR count). The zero-order chi connectivity index (χ0) is 22.4. The van der Waals surface area contributed by atoms with Crippen molar-refractivity contribution < 1.29 is 9.90 Å². The van der Waals surface area contributed by atoms with E-state index in [1.54, 1.807) is 25.2 Å². The molecule has 0 aliphatic carbocycles. The summed E-state index contributed by atoms with van der Waals surface area (Å²) in [5, 5.41) is 9.78. The normalized spacial score (nSPS) is 21.5. The predicted molar refractivity (Wildman–Crippen MR) is 128 cm³/mol. The van der Waals surface area contributed by atoms with Crippen LogP contribution < -0.4 is 0 Å². The molecule has 0 unspecified atom stereocenters. The SMILES string of the molecule is CN1CCC(N(C)C(=O)CC[C@H]2CCCN(Cc3ccc(C#CC(C)(C)O)s3)C2)CC1. The topological polar surface area (TPSA) is 47.0 Å². The first-order chi connectivity index (χ1) is 14.7. The lowest BCUT2D eigenvalue weighted by Crippen LogP contribution is -2.44. The van der Waals surface area contributed by atoms with E-state index >= 15 is 0 Å². The van der Waals surface area contributed by atoms with Crippen molar-refractivity contribution in [2.24, 2.45) is 5.92 Å². The average molecular weight is 446 g/mol. The fourth-order valence-electron chi connectivity index (χ4n) is 4.59. The Balaban J connectivity index is 1.43. The molecule has 0 radical (unpaired) electrons. The Bertz CT molecular complexity index is 781. The molecule has 0 aromatic carbocycles. The van der Waals surface area contributed by atoms with Crippen molar-refractivity contribution in [1.29, 1.82) is 0 Å². The van der Waals surface area contributed by atoms with E-state index in [-0.39, 0.29) is 0 Å². The van der Waals surface area contributed by atoms with Crippen LogP contribution in [0.25, 0.3) is 0 Å². The Labute approximate surface area is 192 Å². The largest absolute Gasteiger partial charge is 0.378 e. The van der Waals surface area contributed by atoms with Crippen LogP contribution in [0, 0.1) is 17.8 Å². The van der Waals surface area contributed by atoms with Crippen LogP contribution in [-0.4, -0.2) is 77.6 Å². The Hall–Kier alpha value is -1.39. The van der Waals surface area contributed by atoms with Crippen LogP contribution in [0.2, 0.25) is 0 Å². The second-order valence-corrected chi connectivity index (χ2v) is 11.1. The van der Waals surface area contributed by atoms with Gasteiger partial charge in [0.1, 0.15) is 5.60 Å². The molecule has 0 bridgehead atoms. The van der Waals surface area contributed by atoms with Gasteiger partial charge in [0.2, 0.25) is 5.91 Å². The minimum absolute atomic E-state index is 0.319. The average Bonchev–Trinajstić information content (AvgIpc) is 3.18. The van der Waals surface area contributed by atoms with E-state index in [2.05, 4.69) is 40.8 Å². The summed E-state index contributed by atoms with van der Waals surface area (Å²) in [6.07, 6.45) is 6.31. The van der Waals surface area contributed by atoms with Gasteiger partial charge in [-0.2, -0.15) is 0 Å². The van der Waals surface area contributed by atoms with Gasteiger partial charge in [-0.3, -0.25) is 9.69 Å². The predicted octanol–water partition coefficient (Wildman–Crippen LogP) is 3.42. The highest BCUT2D eigenvalue weighted by Gasteiger charge is 2.26. The summed E-state index contributed by atoms with van der Waals surface area (Å²) < 4.78 is 0. The highest BCUT2D eigenvalue weighted by Crippen LogP contribution is 2.25. The molecule has 5 nitrogen and oxygen atoms in total. The summed E-state index contributed by atoms with van der Waals surface area (Å²) in [6, 6.07) is 4.62. The zero-order valence-corrected chi connectivity index (χ0v) is 20.5. The van der Waals surface area contributed by atoms with Crippen molar-refractivity contribution in [2.45, 2.75) is 70.6 Å². The Morgan fingerprint density at radius 2 is 2.00 bits per heavy atom. The Morgan fingerprint density at radius 3 is 2.71 bits per heavy atom. The van der Waals surface area contributed by atoms with E-state index in [0.717, 1.165) is 56.9 Å². The molecule has 1 aromatic heterocycles. The van der Waals surface area contributed by atoms with Gasteiger partial charge in [-0.15, -0.1) is 11.3 Å². The number of carbonyl (C=O) groups is 1. The molecule has 172 valence electrons. The molecular formula is C25H39N3O2S.